The number of nitrogens with one attached hydrogen (secondary N) is 1. The zero-order chi connectivity index (χ0) is 13.7. The molecule has 0 aliphatic heterocycles. The van der Waals surface area contributed by atoms with Gasteiger partial charge in [0.2, 0.25) is 0 Å². The van der Waals surface area contributed by atoms with Gasteiger partial charge in [-0.1, -0.05) is 12.1 Å². The van der Waals surface area contributed by atoms with Crippen LogP contribution in [0.1, 0.15) is 35.6 Å². The molecule has 0 saturated heterocycles. The normalized spacial score (nSPS) is 12.2. The highest BCUT2D eigenvalue weighted by Gasteiger charge is 2.14. The van der Waals surface area contributed by atoms with Gasteiger partial charge in [0.15, 0.2) is 0 Å². The molecule has 18 heavy (non-hydrogen) atoms. The fraction of sp³-hybridized carbons (Fsp3) is 0.500. The summed E-state index contributed by atoms with van der Waals surface area (Å²) < 4.78 is 5.33. The lowest BCUT2D eigenvalue weighted by atomic mass is 9.97. The maximum absolute atomic E-state index is 10.6. The van der Waals surface area contributed by atoms with Crippen molar-refractivity contribution in [1.29, 1.82) is 0 Å². The molecule has 0 saturated carbocycles. The third-order valence-corrected chi connectivity index (χ3v) is 3.08. The van der Waals surface area contributed by atoms with Crippen LogP contribution < -0.4 is 10.1 Å². The van der Waals surface area contributed by atoms with Gasteiger partial charge < -0.3 is 15.2 Å². The minimum absolute atomic E-state index is 0.0596. The van der Waals surface area contributed by atoms with E-state index in [0.29, 0.717) is 6.42 Å². The van der Waals surface area contributed by atoms with E-state index >= 15 is 0 Å². The van der Waals surface area contributed by atoms with E-state index in [1.807, 2.05) is 20.9 Å². The topological polar surface area (TPSA) is 58.6 Å². The molecule has 1 aromatic rings. The van der Waals surface area contributed by atoms with Crippen LogP contribution in [-0.2, 0) is 4.79 Å². The Bertz CT molecular complexity index is 406. The largest absolute Gasteiger partial charge is 0.496 e. The first-order chi connectivity index (χ1) is 8.49. The van der Waals surface area contributed by atoms with Crippen molar-refractivity contribution >= 4 is 5.97 Å². The van der Waals surface area contributed by atoms with Gasteiger partial charge in [-0.2, -0.15) is 0 Å². The van der Waals surface area contributed by atoms with E-state index in [1.54, 1.807) is 7.11 Å². The van der Waals surface area contributed by atoms with Crippen LogP contribution in [0.5, 0.6) is 5.75 Å². The van der Waals surface area contributed by atoms with Gasteiger partial charge >= 0.3 is 5.97 Å². The first-order valence-electron chi connectivity index (χ1n) is 6.03. The quantitative estimate of drug-likeness (QED) is 0.815. The maximum atomic E-state index is 10.6. The molecule has 1 aromatic carbocycles. The molecule has 2 N–H and O–H groups in total. The van der Waals surface area contributed by atoms with Crippen LogP contribution in [0.3, 0.4) is 0 Å². The molecule has 0 spiro atoms. The van der Waals surface area contributed by atoms with Crippen molar-refractivity contribution in [3.8, 4) is 5.75 Å². The molecule has 0 heterocycles. The van der Waals surface area contributed by atoms with Gasteiger partial charge in [0.1, 0.15) is 5.75 Å². The summed E-state index contributed by atoms with van der Waals surface area (Å²) in [6.45, 7) is 4.00. The third kappa shape index (κ3) is 3.47. The van der Waals surface area contributed by atoms with Crippen molar-refractivity contribution in [1.82, 2.24) is 5.32 Å². The van der Waals surface area contributed by atoms with Crippen molar-refractivity contribution in [3.05, 3.63) is 28.8 Å². The number of aryl methyl sites for hydroxylation is 2. The number of methoxy groups -OCH3 is 1. The van der Waals surface area contributed by atoms with Gasteiger partial charge in [-0.25, -0.2) is 0 Å². The summed E-state index contributed by atoms with van der Waals surface area (Å²) in [5.74, 6) is 0.129. The van der Waals surface area contributed by atoms with Crippen LogP contribution in [0, 0.1) is 13.8 Å². The molecule has 0 radical (unpaired) electrons. The van der Waals surface area contributed by atoms with E-state index in [-0.39, 0.29) is 12.5 Å². The van der Waals surface area contributed by atoms with E-state index < -0.39 is 5.97 Å². The molecule has 1 rings (SSSR count). The number of ether oxygens (including phenoxy) is 1. The molecular weight excluding hydrogens is 230 g/mol. The highest BCUT2D eigenvalue weighted by Crippen LogP contribution is 2.28. The number of carbonyl (C=O) groups is 1. The summed E-state index contributed by atoms with van der Waals surface area (Å²) >= 11 is 0. The molecule has 0 fully saturated rings. The van der Waals surface area contributed by atoms with Gasteiger partial charge in [-0.15, -0.1) is 0 Å². The summed E-state index contributed by atoms with van der Waals surface area (Å²) in [6.07, 6.45) is 0.743. The number of rotatable bonds is 6. The second kappa shape index (κ2) is 6.40. The van der Waals surface area contributed by atoms with E-state index in [1.165, 1.54) is 0 Å². The first-order valence-corrected chi connectivity index (χ1v) is 6.03. The molecule has 0 aliphatic carbocycles. The van der Waals surface area contributed by atoms with Crippen LogP contribution in [0.15, 0.2) is 12.1 Å². The van der Waals surface area contributed by atoms with Crippen LogP contribution in [0.2, 0.25) is 0 Å². The Hall–Kier alpha value is -1.55. The fourth-order valence-electron chi connectivity index (χ4n) is 2.25. The minimum atomic E-state index is -0.766. The third-order valence-electron chi connectivity index (χ3n) is 3.08. The second-order valence-electron chi connectivity index (χ2n) is 4.46. The van der Waals surface area contributed by atoms with E-state index in [4.69, 9.17) is 9.84 Å². The van der Waals surface area contributed by atoms with E-state index in [2.05, 4.69) is 17.4 Å². The molecule has 1 unspecified atom stereocenters. The van der Waals surface area contributed by atoms with Crippen LogP contribution in [-0.4, -0.2) is 25.2 Å². The predicted molar refractivity (Wildman–Crippen MR) is 71.1 cm³/mol. The Morgan fingerprint density at radius 2 is 1.94 bits per heavy atom. The molecule has 4 heteroatoms. The molecule has 0 aliphatic rings. The van der Waals surface area contributed by atoms with Gasteiger partial charge in [-0.3, -0.25) is 4.79 Å². The highest BCUT2D eigenvalue weighted by atomic mass is 16.5. The molecular formula is C14H21NO3. The lowest BCUT2D eigenvalue weighted by Crippen LogP contribution is -2.18. The van der Waals surface area contributed by atoms with Gasteiger partial charge in [0.25, 0.3) is 0 Å². The average molecular weight is 251 g/mol. The molecule has 0 bridgehead atoms. The van der Waals surface area contributed by atoms with Crippen LogP contribution >= 0.6 is 0 Å². The summed E-state index contributed by atoms with van der Waals surface area (Å²) in [6, 6.07) is 4.16. The summed E-state index contributed by atoms with van der Waals surface area (Å²) in [7, 11) is 3.51. The Morgan fingerprint density at radius 3 is 2.33 bits per heavy atom. The number of hydrogen-bond donors (Lipinski definition) is 2. The number of carboxylic acid groups (broad SMARTS) is 1. The average Bonchev–Trinajstić information content (AvgIpc) is 2.29. The van der Waals surface area contributed by atoms with Crippen molar-refractivity contribution < 1.29 is 14.6 Å². The second-order valence-corrected chi connectivity index (χ2v) is 4.46. The summed E-state index contributed by atoms with van der Waals surface area (Å²) in [4.78, 5) is 10.6. The SMILES string of the molecule is CNC(CCC(=O)O)c1cc(C)c(OC)c(C)c1. The van der Waals surface area contributed by atoms with Crippen LogP contribution in [0.25, 0.3) is 0 Å². The maximum Gasteiger partial charge on any atom is 0.303 e. The number of hydrogen-bond acceptors (Lipinski definition) is 3. The zero-order valence-electron chi connectivity index (χ0n) is 11.4. The lowest BCUT2D eigenvalue weighted by Gasteiger charge is -2.19. The molecule has 100 valence electrons. The van der Waals surface area contributed by atoms with Crippen LogP contribution in [0.4, 0.5) is 0 Å². The molecule has 1 atom stereocenters. The van der Waals surface area contributed by atoms with Gasteiger partial charge in [-0.05, 0) is 44.0 Å². The van der Waals surface area contributed by atoms with Crippen molar-refractivity contribution in [3.63, 3.8) is 0 Å². The Labute approximate surface area is 108 Å². The Balaban J connectivity index is 2.96. The van der Waals surface area contributed by atoms with E-state index in [0.717, 1.165) is 22.4 Å². The summed E-state index contributed by atoms with van der Waals surface area (Å²) in [5.41, 5.74) is 3.25. The van der Waals surface area contributed by atoms with Crippen molar-refractivity contribution in [2.24, 2.45) is 0 Å². The Morgan fingerprint density at radius 1 is 1.39 bits per heavy atom. The Kier molecular flexibility index (Phi) is 5.16. The molecule has 4 nitrogen and oxygen atoms in total. The lowest BCUT2D eigenvalue weighted by molar-refractivity contribution is -0.137. The highest BCUT2D eigenvalue weighted by molar-refractivity contribution is 5.66. The van der Waals surface area contributed by atoms with Gasteiger partial charge in [0, 0.05) is 12.5 Å². The molecule has 0 amide bonds. The first kappa shape index (κ1) is 14.5. The molecule has 0 aromatic heterocycles. The van der Waals surface area contributed by atoms with E-state index in [9.17, 15) is 4.79 Å². The van der Waals surface area contributed by atoms with Gasteiger partial charge in [0.05, 0.1) is 7.11 Å². The number of aliphatic carboxylic acids is 1. The minimum Gasteiger partial charge on any atom is -0.496 e. The monoisotopic (exact) mass is 251 g/mol. The fourth-order valence-corrected chi connectivity index (χ4v) is 2.25. The number of carboxylic acids is 1. The number of benzene rings is 1. The standard InChI is InChI=1S/C14H21NO3/c1-9-7-11(8-10(2)14(9)18-4)12(15-3)5-6-13(16)17/h7-8,12,15H,5-6H2,1-4H3,(H,16,17). The van der Waals surface area contributed by atoms with Crippen molar-refractivity contribution in [2.45, 2.75) is 32.7 Å². The zero-order valence-corrected chi connectivity index (χ0v) is 11.4. The summed E-state index contributed by atoms with van der Waals surface area (Å²) in [5, 5.41) is 11.9. The van der Waals surface area contributed by atoms with Crippen molar-refractivity contribution in [2.75, 3.05) is 14.2 Å². The predicted octanol–water partition coefficient (Wildman–Crippen LogP) is 2.44. The smallest absolute Gasteiger partial charge is 0.303 e.